The minimum Gasteiger partial charge on any atom is -0.344 e. The molecule has 0 aromatic carbocycles. The summed E-state index contributed by atoms with van der Waals surface area (Å²) < 4.78 is 0. The zero-order valence-electron chi connectivity index (χ0n) is 10.3. The van der Waals surface area contributed by atoms with E-state index in [1.165, 1.54) is 19.3 Å². The summed E-state index contributed by atoms with van der Waals surface area (Å²) in [5.41, 5.74) is 0. The van der Waals surface area contributed by atoms with Crippen LogP contribution in [0.1, 0.15) is 32.6 Å². The average molecular weight is 212 g/mol. The van der Waals surface area contributed by atoms with Gasteiger partial charge in [0, 0.05) is 26.6 Å². The molecule has 0 aromatic rings. The predicted molar refractivity (Wildman–Crippen MR) is 62.7 cm³/mol. The number of nitrogens with zero attached hydrogens (tertiary/aromatic N) is 1. The van der Waals surface area contributed by atoms with Crippen molar-refractivity contribution in [2.24, 2.45) is 11.8 Å². The molecule has 0 heterocycles. The first-order valence-corrected chi connectivity index (χ1v) is 6.02. The quantitative estimate of drug-likeness (QED) is 0.749. The van der Waals surface area contributed by atoms with Crippen molar-refractivity contribution in [3.63, 3.8) is 0 Å². The van der Waals surface area contributed by atoms with Gasteiger partial charge in [-0.15, -0.1) is 0 Å². The van der Waals surface area contributed by atoms with Crippen molar-refractivity contribution in [2.45, 2.75) is 32.6 Å². The highest BCUT2D eigenvalue weighted by molar-refractivity contribution is 5.76. The lowest BCUT2D eigenvalue weighted by Crippen LogP contribution is -2.33. The molecule has 88 valence electrons. The van der Waals surface area contributed by atoms with E-state index in [1.807, 2.05) is 19.0 Å². The summed E-state index contributed by atoms with van der Waals surface area (Å²) in [6.07, 6.45) is 4.54. The highest BCUT2D eigenvalue weighted by atomic mass is 16.2. The molecular weight excluding hydrogens is 188 g/mol. The van der Waals surface area contributed by atoms with Crippen LogP contribution in [0, 0.1) is 11.8 Å². The van der Waals surface area contributed by atoms with Gasteiger partial charge in [0.1, 0.15) is 0 Å². The SMILES string of the molecule is CNCCN(C)C(=O)CC1CCC(C)C1. The molecule has 1 aliphatic rings. The number of amides is 1. The number of hydrogen-bond acceptors (Lipinski definition) is 2. The maximum Gasteiger partial charge on any atom is 0.222 e. The predicted octanol–water partition coefficient (Wildman–Crippen LogP) is 1.49. The standard InChI is InChI=1S/C12H24N2O/c1-10-4-5-11(8-10)9-12(15)14(3)7-6-13-2/h10-11,13H,4-9H2,1-3H3. The van der Waals surface area contributed by atoms with E-state index in [-0.39, 0.29) is 0 Å². The fourth-order valence-corrected chi connectivity index (χ4v) is 2.32. The van der Waals surface area contributed by atoms with E-state index in [4.69, 9.17) is 0 Å². The minimum absolute atomic E-state index is 0.310. The van der Waals surface area contributed by atoms with Crippen LogP contribution in [0.3, 0.4) is 0 Å². The molecule has 15 heavy (non-hydrogen) atoms. The van der Waals surface area contributed by atoms with Gasteiger partial charge in [0.25, 0.3) is 0 Å². The van der Waals surface area contributed by atoms with Crippen molar-refractivity contribution in [1.29, 1.82) is 0 Å². The van der Waals surface area contributed by atoms with Crippen molar-refractivity contribution >= 4 is 5.91 Å². The monoisotopic (exact) mass is 212 g/mol. The highest BCUT2D eigenvalue weighted by Gasteiger charge is 2.24. The summed E-state index contributed by atoms with van der Waals surface area (Å²) in [4.78, 5) is 13.7. The Balaban J connectivity index is 2.22. The van der Waals surface area contributed by atoms with E-state index in [1.54, 1.807) is 0 Å². The number of likely N-dealkylation sites (N-methyl/N-ethyl adjacent to an activating group) is 2. The van der Waals surface area contributed by atoms with Gasteiger partial charge < -0.3 is 10.2 Å². The molecule has 1 rings (SSSR count). The Morgan fingerprint density at radius 2 is 2.20 bits per heavy atom. The Hall–Kier alpha value is -0.570. The van der Waals surface area contributed by atoms with E-state index in [0.29, 0.717) is 11.8 Å². The van der Waals surface area contributed by atoms with Gasteiger partial charge in [-0.05, 0) is 31.7 Å². The number of nitrogens with one attached hydrogen (secondary N) is 1. The second kappa shape index (κ2) is 6.11. The molecule has 3 heteroatoms. The summed E-state index contributed by atoms with van der Waals surface area (Å²) in [5.74, 6) is 1.78. The number of hydrogen-bond donors (Lipinski definition) is 1. The van der Waals surface area contributed by atoms with E-state index >= 15 is 0 Å². The molecule has 0 aromatic heterocycles. The van der Waals surface area contributed by atoms with Crippen molar-refractivity contribution in [3.8, 4) is 0 Å². The first-order chi connectivity index (χ1) is 7.13. The fraction of sp³-hybridized carbons (Fsp3) is 0.917. The molecule has 0 bridgehead atoms. The van der Waals surface area contributed by atoms with Gasteiger partial charge in [0.05, 0.1) is 0 Å². The summed E-state index contributed by atoms with van der Waals surface area (Å²) in [7, 11) is 3.81. The van der Waals surface area contributed by atoms with Crippen LogP contribution >= 0.6 is 0 Å². The van der Waals surface area contributed by atoms with Crippen LogP contribution in [0.4, 0.5) is 0 Å². The zero-order valence-corrected chi connectivity index (χ0v) is 10.3. The molecule has 0 radical (unpaired) electrons. The molecule has 0 spiro atoms. The second-order valence-corrected chi connectivity index (χ2v) is 4.91. The van der Waals surface area contributed by atoms with Gasteiger partial charge in [0.15, 0.2) is 0 Å². The second-order valence-electron chi connectivity index (χ2n) is 4.91. The molecule has 1 fully saturated rings. The summed E-state index contributed by atoms with van der Waals surface area (Å²) in [6, 6.07) is 0. The molecular formula is C12H24N2O. The molecule has 0 aliphatic heterocycles. The van der Waals surface area contributed by atoms with Crippen LogP contribution in [-0.2, 0) is 4.79 Å². The van der Waals surface area contributed by atoms with Crippen LogP contribution in [0.25, 0.3) is 0 Å². The van der Waals surface area contributed by atoms with Gasteiger partial charge in [-0.1, -0.05) is 13.3 Å². The van der Waals surface area contributed by atoms with Crippen molar-refractivity contribution in [1.82, 2.24) is 10.2 Å². The molecule has 2 unspecified atom stereocenters. The molecule has 1 saturated carbocycles. The van der Waals surface area contributed by atoms with E-state index in [9.17, 15) is 4.79 Å². The Labute approximate surface area is 93.2 Å². The lowest BCUT2D eigenvalue weighted by molar-refractivity contribution is -0.130. The van der Waals surface area contributed by atoms with Gasteiger partial charge in [-0.25, -0.2) is 0 Å². The largest absolute Gasteiger partial charge is 0.344 e. The smallest absolute Gasteiger partial charge is 0.222 e. The summed E-state index contributed by atoms with van der Waals surface area (Å²) in [5, 5.41) is 3.06. The molecule has 3 nitrogen and oxygen atoms in total. The third-order valence-corrected chi connectivity index (χ3v) is 3.39. The maximum atomic E-state index is 11.8. The number of carbonyl (C=O) groups excluding carboxylic acids is 1. The van der Waals surface area contributed by atoms with Gasteiger partial charge in [0.2, 0.25) is 5.91 Å². The van der Waals surface area contributed by atoms with Crippen LogP contribution in [-0.4, -0.2) is 38.0 Å². The van der Waals surface area contributed by atoms with Crippen LogP contribution in [0.15, 0.2) is 0 Å². The van der Waals surface area contributed by atoms with Crippen LogP contribution in [0.2, 0.25) is 0 Å². The molecule has 0 saturated heterocycles. The first-order valence-electron chi connectivity index (χ1n) is 6.02. The van der Waals surface area contributed by atoms with Gasteiger partial charge >= 0.3 is 0 Å². The Morgan fingerprint density at radius 3 is 2.73 bits per heavy atom. The van der Waals surface area contributed by atoms with Gasteiger partial charge in [-0.3, -0.25) is 4.79 Å². The molecule has 1 N–H and O–H groups in total. The number of carbonyl (C=O) groups is 1. The Kier molecular flexibility index (Phi) is 5.09. The lowest BCUT2D eigenvalue weighted by Gasteiger charge is -2.19. The fourth-order valence-electron chi connectivity index (χ4n) is 2.32. The zero-order chi connectivity index (χ0) is 11.3. The van der Waals surface area contributed by atoms with Crippen molar-refractivity contribution in [3.05, 3.63) is 0 Å². The van der Waals surface area contributed by atoms with E-state index < -0.39 is 0 Å². The van der Waals surface area contributed by atoms with E-state index in [0.717, 1.165) is 25.4 Å². The maximum absolute atomic E-state index is 11.8. The topological polar surface area (TPSA) is 32.3 Å². The highest BCUT2D eigenvalue weighted by Crippen LogP contribution is 2.32. The molecule has 2 atom stereocenters. The normalized spacial score (nSPS) is 25.5. The van der Waals surface area contributed by atoms with Crippen molar-refractivity contribution in [2.75, 3.05) is 27.2 Å². The third kappa shape index (κ3) is 4.20. The van der Waals surface area contributed by atoms with Crippen LogP contribution < -0.4 is 5.32 Å². The Morgan fingerprint density at radius 1 is 1.47 bits per heavy atom. The lowest BCUT2D eigenvalue weighted by atomic mass is 10.0. The molecule has 1 amide bonds. The Bertz CT molecular complexity index is 206. The average Bonchev–Trinajstić information content (AvgIpc) is 2.60. The minimum atomic E-state index is 0.310. The van der Waals surface area contributed by atoms with Crippen molar-refractivity contribution < 1.29 is 4.79 Å². The summed E-state index contributed by atoms with van der Waals surface area (Å²) in [6.45, 7) is 3.98. The van der Waals surface area contributed by atoms with Gasteiger partial charge in [-0.2, -0.15) is 0 Å². The summed E-state index contributed by atoms with van der Waals surface area (Å²) >= 11 is 0. The third-order valence-electron chi connectivity index (χ3n) is 3.39. The van der Waals surface area contributed by atoms with E-state index in [2.05, 4.69) is 12.2 Å². The number of rotatable bonds is 5. The first kappa shape index (κ1) is 12.5. The van der Waals surface area contributed by atoms with Crippen LogP contribution in [0.5, 0.6) is 0 Å². The molecule has 1 aliphatic carbocycles.